The molecule has 1 amide bonds. The largest absolute Gasteiger partial charge is 0.497 e. The summed E-state index contributed by atoms with van der Waals surface area (Å²) < 4.78 is 11.0. The predicted molar refractivity (Wildman–Crippen MR) is 86.7 cm³/mol. The molecule has 1 saturated heterocycles. The Labute approximate surface area is 141 Å². The maximum Gasteiger partial charge on any atom is 0.307 e. The molecule has 0 aromatic heterocycles. The van der Waals surface area contributed by atoms with Crippen molar-refractivity contribution < 1.29 is 24.2 Å². The number of carbonyl (C=O) groups excluding carboxylic acids is 1. The first-order valence-electron chi connectivity index (χ1n) is 8.13. The Hall–Kier alpha value is -2.08. The van der Waals surface area contributed by atoms with Gasteiger partial charge in [-0.3, -0.25) is 9.59 Å². The second kappa shape index (κ2) is 6.09. The highest BCUT2D eigenvalue weighted by molar-refractivity contribution is 5.91. The van der Waals surface area contributed by atoms with E-state index in [1.54, 1.807) is 12.0 Å². The van der Waals surface area contributed by atoms with Gasteiger partial charge in [0.25, 0.3) is 0 Å². The van der Waals surface area contributed by atoms with E-state index < -0.39 is 23.2 Å². The third-order valence-electron chi connectivity index (χ3n) is 5.20. The molecule has 2 fully saturated rings. The SMILES string of the molecule is COc1cccc(C2CN(C(=O)[C@@H]3[C@H](C(=O)O)C3(C)C)CCO2)c1. The van der Waals surface area contributed by atoms with Gasteiger partial charge in [-0.1, -0.05) is 26.0 Å². The zero-order chi connectivity index (χ0) is 17.5. The number of nitrogens with zero attached hydrogens (tertiary/aromatic N) is 1. The molecule has 6 nitrogen and oxygen atoms in total. The molecular formula is C18H23NO5. The predicted octanol–water partition coefficient (Wildman–Crippen LogP) is 1.95. The van der Waals surface area contributed by atoms with Gasteiger partial charge in [0, 0.05) is 6.54 Å². The molecule has 6 heteroatoms. The normalized spacial score (nSPS) is 28.3. The molecule has 1 aromatic carbocycles. The van der Waals surface area contributed by atoms with Crippen LogP contribution in [0.15, 0.2) is 24.3 Å². The molecule has 24 heavy (non-hydrogen) atoms. The average Bonchev–Trinajstić information content (AvgIpc) is 3.17. The molecule has 1 aliphatic carbocycles. The summed E-state index contributed by atoms with van der Waals surface area (Å²) in [4.78, 5) is 25.8. The fourth-order valence-corrected chi connectivity index (χ4v) is 3.65. The van der Waals surface area contributed by atoms with E-state index >= 15 is 0 Å². The van der Waals surface area contributed by atoms with Crippen molar-refractivity contribution in [3.8, 4) is 5.75 Å². The highest BCUT2D eigenvalue weighted by atomic mass is 16.5. The molecule has 2 aliphatic rings. The minimum atomic E-state index is -0.893. The number of carboxylic acid groups (broad SMARTS) is 1. The molecular weight excluding hydrogens is 310 g/mol. The summed E-state index contributed by atoms with van der Waals surface area (Å²) in [6.07, 6.45) is -0.219. The fraction of sp³-hybridized carbons (Fsp3) is 0.556. The van der Waals surface area contributed by atoms with Crippen molar-refractivity contribution in [3.63, 3.8) is 0 Å². The van der Waals surface area contributed by atoms with E-state index in [1.165, 1.54) is 0 Å². The number of amides is 1. The van der Waals surface area contributed by atoms with Crippen LogP contribution in [0, 0.1) is 17.3 Å². The van der Waals surface area contributed by atoms with Crippen LogP contribution >= 0.6 is 0 Å². The van der Waals surface area contributed by atoms with E-state index in [0.29, 0.717) is 19.7 Å². The molecule has 1 aromatic rings. The molecule has 1 aliphatic heterocycles. The van der Waals surface area contributed by atoms with Gasteiger partial charge in [-0.15, -0.1) is 0 Å². The van der Waals surface area contributed by atoms with Crippen LogP contribution in [0.1, 0.15) is 25.5 Å². The Kier molecular flexibility index (Phi) is 4.25. The number of rotatable bonds is 4. The number of aliphatic carboxylic acids is 1. The Balaban J connectivity index is 1.72. The lowest BCUT2D eigenvalue weighted by atomic mass is 10.1. The van der Waals surface area contributed by atoms with E-state index in [0.717, 1.165) is 11.3 Å². The maximum atomic E-state index is 12.8. The van der Waals surface area contributed by atoms with E-state index in [2.05, 4.69) is 0 Å². The summed E-state index contributed by atoms with van der Waals surface area (Å²) in [5.41, 5.74) is 0.476. The number of carbonyl (C=O) groups is 2. The minimum absolute atomic E-state index is 0.0800. The minimum Gasteiger partial charge on any atom is -0.497 e. The summed E-state index contributed by atoms with van der Waals surface area (Å²) >= 11 is 0. The summed E-state index contributed by atoms with van der Waals surface area (Å²) in [7, 11) is 1.61. The number of hydrogen-bond donors (Lipinski definition) is 1. The first kappa shape index (κ1) is 16.8. The Morgan fingerprint density at radius 3 is 2.71 bits per heavy atom. The van der Waals surface area contributed by atoms with Crippen molar-refractivity contribution in [1.82, 2.24) is 4.90 Å². The lowest BCUT2D eigenvalue weighted by Gasteiger charge is -2.33. The second-order valence-corrected chi connectivity index (χ2v) is 7.04. The van der Waals surface area contributed by atoms with Crippen LogP contribution in [0.2, 0.25) is 0 Å². The van der Waals surface area contributed by atoms with Crippen molar-refractivity contribution >= 4 is 11.9 Å². The van der Waals surface area contributed by atoms with Crippen LogP contribution in [0.4, 0.5) is 0 Å². The molecule has 130 valence electrons. The van der Waals surface area contributed by atoms with E-state index in [4.69, 9.17) is 9.47 Å². The van der Waals surface area contributed by atoms with Crippen molar-refractivity contribution in [2.24, 2.45) is 17.3 Å². The van der Waals surface area contributed by atoms with Gasteiger partial charge in [0.2, 0.25) is 5.91 Å². The molecule has 0 radical (unpaired) electrons. The summed E-state index contributed by atoms with van der Waals surface area (Å²) in [6.45, 7) is 5.06. The smallest absolute Gasteiger partial charge is 0.307 e. The second-order valence-electron chi connectivity index (χ2n) is 7.04. The Morgan fingerprint density at radius 2 is 2.08 bits per heavy atom. The van der Waals surface area contributed by atoms with Gasteiger partial charge >= 0.3 is 5.97 Å². The summed E-state index contributed by atoms with van der Waals surface area (Å²) in [5, 5.41) is 9.28. The highest BCUT2D eigenvalue weighted by Crippen LogP contribution is 2.59. The van der Waals surface area contributed by atoms with Crippen molar-refractivity contribution in [1.29, 1.82) is 0 Å². The lowest BCUT2D eigenvalue weighted by Crippen LogP contribution is -2.43. The van der Waals surface area contributed by atoms with Crippen LogP contribution < -0.4 is 4.74 Å². The number of morpholine rings is 1. The molecule has 1 N–H and O–H groups in total. The summed E-state index contributed by atoms with van der Waals surface area (Å²) in [5.74, 6) is -1.27. The van der Waals surface area contributed by atoms with Gasteiger partial charge in [-0.25, -0.2) is 0 Å². The van der Waals surface area contributed by atoms with E-state index in [9.17, 15) is 14.7 Å². The fourth-order valence-electron chi connectivity index (χ4n) is 3.65. The van der Waals surface area contributed by atoms with Gasteiger partial charge < -0.3 is 19.5 Å². The summed E-state index contributed by atoms with van der Waals surface area (Å²) in [6, 6.07) is 7.60. The first-order valence-corrected chi connectivity index (χ1v) is 8.13. The van der Waals surface area contributed by atoms with Crippen LogP contribution in [0.3, 0.4) is 0 Å². The first-order chi connectivity index (χ1) is 11.4. The Bertz CT molecular complexity index is 657. The third-order valence-corrected chi connectivity index (χ3v) is 5.20. The monoisotopic (exact) mass is 333 g/mol. The molecule has 1 heterocycles. The zero-order valence-electron chi connectivity index (χ0n) is 14.2. The van der Waals surface area contributed by atoms with Gasteiger partial charge in [0.1, 0.15) is 11.9 Å². The van der Waals surface area contributed by atoms with E-state index in [1.807, 2.05) is 38.1 Å². The number of hydrogen-bond acceptors (Lipinski definition) is 4. The number of carboxylic acids is 1. The van der Waals surface area contributed by atoms with Gasteiger partial charge in [0.15, 0.2) is 0 Å². The lowest BCUT2D eigenvalue weighted by molar-refractivity contribution is -0.145. The van der Waals surface area contributed by atoms with Crippen molar-refractivity contribution in [3.05, 3.63) is 29.8 Å². The van der Waals surface area contributed by atoms with Gasteiger partial charge in [-0.2, -0.15) is 0 Å². The molecule has 1 unspecified atom stereocenters. The van der Waals surface area contributed by atoms with Crippen molar-refractivity contribution in [2.45, 2.75) is 20.0 Å². The van der Waals surface area contributed by atoms with Crippen LogP contribution in [0.25, 0.3) is 0 Å². The topological polar surface area (TPSA) is 76.1 Å². The average molecular weight is 333 g/mol. The molecule has 0 spiro atoms. The third kappa shape index (κ3) is 2.86. The number of methoxy groups -OCH3 is 1. The Morgan fingerprint density at radius 1 is 1.33 bits per heavy atom. The number of ether oxygens (including phenoxy) is 2. The molecule has 1 saturated carbocycles. The van der Waals surface area contributed by atoms with Gasteiger partial charge in [-0.05, 0) is 23.1 Å². The number of benzene rings is 1. The maximum absolute atomic E-state index is 12.8. The van der Waals surface area contributed by atoms with E-state index in [-0.39, 0.29) is 12.0 Å². The highest BCUT2D eigenvalue weighted by Gasteiger charge is 2.66. The molecule has 3 atom stereocenters. The van der Waals surface area contributed by atoms with Crippen LogP contribution in [-0.4, -0.2) is 48.7 Å². The molecule has 3 rings (SSSR count). The van der Waals surface area contributed by atoms with Crippen LogP contribution in [-0.2, 0) is 14.3 Å². The zero-order valence-corrected chi connectivity index (χ0v) is 14.2. The molecule has 0 bridgehead atoms. The van der Waals surface area contributed by atoms with Gasteiger partial charge in [0.05, 0.1) is 32.1 Å². The quantitative estimate of drug-likeness (QED) is 0.911. The standard InChI is InChI=1S/C18H23NO5/c1-18(2)14(15(18)17(21)22)16(20)19-7-8-24-13(10-19)11-5-4-6-12(9-11)23-3/h4-6,9,13-15H,7-8,10H2,1-3H3,(H,21,22)/t13?,14-,15+/m0/s1. The van der Waals surface area contributed by atoms with Crippen molar-refractivity contribution in [2.75, 3.05) is 26.8 Å². The van der Waals surface area contributed by atoms with Crippen LogP contribution in [0.5, 0.6) is 5.75 Å².